The van der Waals surface area contributed by atoms with E-state index in [1.54, 1.807) is 0 Å². The molecule has 0 spiro atoms. The zero-order chi connectivity index (χ0) is 31.6. The number of fused-ring (bicyclic) bond motifs is 2. The Hall–Kier alpha value is -3.74. The zero-order valence-corrected chi connectivity index (χ0v) is 26.7. The van der Waals surface area contributed by atoms with E-state index in [2.05, 4.69) is 94.2 Å². The molecule has 1 amide bonds. The van der Waals surface area contributed by atoms with Crippen molar-refractivity contribution in [3.8, 4) is 0 Å². The van der Waals surface area contributed by atoms with Crippen LogP contribution < -0.4 is 10.6 Å². The first-order valence-electron chi connectivity index (χ1n) is 15.6. The van der Waals surface area contributed by atoms with E-state index in [1.165, 1.54) is 34.5 Å². The van der Waals surface area contributed by atoms with Gasteiger partial charge in [-0.05, 0) is 49.5 Å². The molecule has 1 fully saturated rings. The Balaban J connectivity index is 1.07. The minimum absolute atomic E-state index is 0.198. The van der Waals surface area contributed by atoms with Gasteiger partial charge in [-0.3, -0.25) is 9.69 Å². The van der Waals surface area contributed by atoms with Crippen LogP contribution in [0.15, 0.2) is 66.1 Å². The van der Waals surface area contributed by atoms with Crippen LogP contribution in [0.3, 0.4) is 0 Å². The number of hydrogen-bond donors (Lipinski definition) is 2. The molecule has 242 valence electrons. The van der Waals surface area contributed by atoms with Gasteiger partial charge in [0, 0.05) is 69.0 Å². The fraction of sp³-hybridized carbons (Fsp3) is 0.471. The molecule has 1 aliphatic rings. The molecule has 0 unspecified atom stereocenters. The summed E-state index contributed by atoms with van der Waals surface area (Å²) >= 11 is 0. The molecule has 4 aromatic rings. The molecule has 2 aromatic carbocycles. The number of oxazole rings is 1. The second kappa shape index (κ2) is 16.0. The number of carbonyl (C=O) groups is 1. The molecule has 5 rings (SSSR count). The minimum Gasteiger partial charge on any atom is -0.443 e. The third kappa shape index (κ3) is 8.50. The van der Waals surface area contributed by atoms with Gasteiger partial charge in [-0.1, -0.05) is 24.8 Å². The Morgan fingerprint density at radius 2 is 1.82 bits per heavy atom. The van der Waals surface area contributed by atoms with E-state index in [0.717, 1.165) is 36.4 Å². The molecule has 2 N–H and O–H groups in total. The summed E-state index contributed by atoms with van der Waals surface area (Å²) in [5.74, 6) is 0.197. The van der Waals surface area contributed by atoms with Gasteiger partial charge in [0.2, 0.25) is 5.91 Å². The lowest BCUT2D eigenvalue weighted by Gasteiger charge is -2.25. The maximum atomic E-state index is 11.1. The van der Waals surface area contributed by atoms with Crippen LogP contribution in [0.5, 0.6) is 0 Å². The Labute approximate surface area is 265 Å². The van der Waals surface area contributed by atoms with Crippen LogP contribution in [0.4, 0.5) is 5.69 Å². The lowest BCUT2D eigenvalue weighted by atomic mass is 9.93. The number of aromatic nitrogens is 2. The summed E-state index contributed by atoms with van der Waals surface area (Å²) in [5, 5.41) is 7.46. The Morgan fingerprint density at radius 3 is 2.58 bits per heavy atom. The second-order valence-corrected chi connectivity index (χ2v) is 11.6. The van der Waals surface area contributed by atoms with Crippen LogP contribution in [-0.2, 0) is 32.6 Å². The summed E-state index contributed by atoms with van der Waals surface area (Å²) in [7, 11) is 6.51. The van der Waals surface area contributed by atoms with E-state index >= 15 is 0 Å². The molecule has 0 bridgehead atoms. The number of amides is 1. The summed E-state index contributed by atoms with van der Waals surface area (Å²) in [6.07, 6.45) is 5.09. The average Bonchev–Trinajstić information content (AvgIpc) is 3.77. The van der Waals surface area contributed by atoms with Gasteiger partial charge < -0.3 is 38.7 Å². The number of para-hydroxylation sites is 1. The van der Waals surface area contributed by atoms with Gasteiger partial charge in [0.05, 0.1) is 45.2 Å². The highest BCUT2D eigenvalue weighted by Crippen LogP contribution is 2.37. The van der Waals surface area contributed by atoms with Crippen LogP contribution in [-0.4, -0.2) is 111 Å². The summed E-state index contributed by atoms with van der Waals surface area (Å²) in [6.45, 7) is 10.4. The molecule has 2 atom stereocenters. The van der Waals surface area contributed by atoms with Gasteiger partial charge in [-0.25, -0.2) is 4.98 Å². The number of nitrogens with one attached hydrogen (secondary N) is 2. The number of carbonyl (C=O) groups excluding carboxylic acids is 1. The fourth-order valence-corrected chi connectivity index (χ4v) is 6.09. The van der Waals surface area contributed by atoms with E-state index in [0.29, 0.717) is 64.7 Å². The number of rotatable bonds is 18. The van der Waals surface area contributed by atoms with Crippen LogP contribution in [0.2, 0.25) is 0 Å². The molecule has 1 aliphatic heterocycles. The standard InChI is InChI=1S/C34H46N6O5/c1-5-33(41)36-12-14-43-16-18-44-17-15-42-13-11-35-26-9-10-27-28(21-39(4)30(27)19-26)29-22-40(23-31(29)38(2)3)20-25-7-6-8-32-34(25)37-24-45-32/h5-10,19,21,24,29,31,35H,1,11-18,20,22-23H2,2-4H3,(H,36,41)/t29-,31+/m1/s1. The number of ether oxygens (including phenoxy) is 3. The molecule has 0 saturated carbocycles. The molecule has 11 heteroatoms. The van der Waals surface area contributed by atoms with Crippen molar-refractivity contribution < 1.29 is 23.4 Å². The van der Waals surface area contributed by atoms with Gasteiger partial charge >= 0.3 is 0 Å². The number of likely N-dealkylation sites (N-methyl/N-ethyl adjacent to an activating group) is 1. The molecular formula is C34H46N6O5. The van der Waals surface area contributed by atoms with Crippen molar-refractivity contribution in [2.24, 2.45) is 7.05 Å². The van der Waals surface area contributed by atoms with Gasteiger partial charge in [0.1, 0.15) is 5.52 Å². The second-order valence-electron chi connectivity index (χ2n) is 11.6. The van der Waals surface area contributed by atoms with Crippen molar-refractivity contribution in [1.29, 1.82) is 0 Å². The van der Waals surface area contributed by atoms with Crippen molar-refractivity contribution >= 4 is 33.6 Å². The van der Waals surface area contributed by atoms with Crippen molar-refractivity contribution in [2.75, 3.05) is 85.2 Å². The number of anilines is 1. The highest BCUT2D eigenvalue weighted by molar-refractivity contribution is 5.88. The third-order valence-electron chi connectivity index (χ3n) is 8.34. The van der Waals surface area contributed by atoms with Gasteiger partial charge in [-0.15, -0.1) is 0 Å². The Bertz CT molecular complexity index is 1550. The predicted octanol–water partition coefficient (Wildman–Crippen LogP) is 3.61. The monoisotopic (exact) mass is 618 g/mol. The van der Waals surface area contributed by atoms with Crippen LogP contribution in [0.1, 0.15) is 17.0 Å². The summed E-state index contributed by atoms with van der Waals surface area (Å²) < 4.78 is 24.4. The molecule has 3 heterocycles. The highest BCUT2D eigenvalue weighted by Gasteiger charge is 2.36. The Morgan fingerprint density at radius 1 is 1.07 bits per heavy atom. The topological polar surface area (TPSA) is 106 Å². The minimum atomic E-state index is -0.198. The number of benzene rings is 2. The third-order valence-corrected chi connectivity index (χ3v) is 8.34. The van der Waals surface area contributed by atoms with Crippen molar-refractivity contribution in [1.82, 2.24) is 24.7 Å². The Kier molecular flexibility index (Phi) is 11.6. The highest BCUT2D eigenvalue weighted by atomic mass is 16.5. The first-order valence-corrected chi connectivity index (χ1v) is 15.6. The maximum Gasteiger partial charge on any atom is 0.243 e. The van der Waals surface area contributed by atoms with Gasteiger partial charge in [-0.2, -0.15) is 0 Å². The summed E-state index contributed by atoms with van der Waals surface area (Å²) in [4.78, 5) is 20.4. The largest absolute Gasteiger partial charge is 0.443 e. The lowest BCUT2D eigenvalue weighted by Crippen LogP contribution is -2.34. The van der Waals surface area contributed by atoms with E-state index in [1.807, 2.05) is 6.07 Å². The van der Waals surface area contributed by atoms with Gasteiger partial charge in [0.15, 0.2) is 12.0 Å². The first kappa shape index (κ1) is 32.6. The van der Waals surface area contributed by atoms with E-state index < -0.39 is 0 Å². The van der Waals surface area contributed by atoms with Crippen LogP contribution in [0, 0.1) is 0 Å². The summed E-state index contributed by atoms with van der Waals surface area (Å²) in [6, 6.07) is 13.2. The maximum absolute atomic E-state index is 11.1. The zero-order valence-electron chi connectivity index (χ0n) is 26.7. The lowest BCUT2D eigenvalue weighted by molar-refractivity contribution is -0.116. The van der Waals surface area contributed by atoms with E-state index in [4.69, 9.17) is 18.6 Å². The van der Waals surface area contributed by atoms with Crippen molar-refractivity contribution in [2.45, 2.75) is 18.5 Å². The number of likely N-dealkylation sites (tertiary alicyclic amines) is 1. The van der Waals surface area contributed by atoms with Crippen molar-refractivity contribution in [3.63, 3.8) is 0 Å². The SMILES string of the molecule is C=CC(=O)NCCOCCOCCOCCNc1ccc2c([C@H]3CN(Cc4cccc5ocnc45)C[C@@H]3N(C)C)cn(C)c2c1. The average molecular weight is 619 g/mol. The number of aryl methyl sites for hydroxylation is 1. The van der Waals surface area contributed by atoms with Gasteiger partial charge in [0.25, 0.3) is 0 Å². The molecule has 0 radical (unpaired) electrons. The molecule has 2 aromatic heterocycles. The summed E-state index contributed by atoms with van der Waals surface area (Å²) in [5.41, 5.74) is 6.70. The molecular weight excluding hydrogens is 572 g/mol. The molecule has 1 saturated heterocycles. The predicted molar refractivity (Wildman–Crippen MR) is 177 cm³/mol. The van der Waals surface area contributed by atoms with E-state index in [-0.39, 0.29) is 5.91 Å². The van der Waals surface area contributed by atoms with Crippen molar-refractivity contribution in [3.05, 3.63) is 72.8 Å². The molecule has 0 aliphatic carbocycles. The normalized spacial score (nSPS) is 17.1. The molecule has 45 heavy (non-hydrogen) atoms. The quantitative estimate of drug-likeness (QED) is 0.128. The first-order chi connectivity index (χ1) is 21.9. The number of nitrogens with zero attached hydrogens (tertiary/aromatic N) is 4. The van der Waals surface area contributed by atoms with E-state index in [9.17, 15) is 4.79 Å². The smallest absolute Gasteiger partial charge is 0.243 e. The van der Waals surface area contributed by atoms with Crippen LogP contribution >= 0.6 is 0 Å². The fourth-order valence-electron chi connectivity index (χ4n) is 6.09. The van der Waals surface area contributed by atoms with Crippen LogP contribution in [0.25, 0.3) is 22.0 Å². The number of hydrogen-bond acceptors (Lipinski definition) is 9. The molecule has 11 nitrogen and oxygen atoms in total.